The lowest BCUT2D eigenvalue weighted by Gasteiger charge is -2.27. The quantitative estimate of drug-likeness (QED) is 0.591. The zero-order valence-corrected chi connectivity index (χ0v) is 16.1. The summed E-state index contributed by atoms with van der Waals surface area (Å²) in [4.78, 5) is 20.5. The Kier molecular flexibility index (Phi) is 4.83. The molecule has 1 aliphatic carbocycles. The molecule has 1 unspecified atom stereocenters. The summed E-state index contributed by atoms with van der Waals surface area (Å²) in [5.41, 5.74) is 1.73. The van der Waals surface area contributed by atoms with Crippen LogP contribution in [0, 0.1) is 12.7 Å². The van der Waals surface area contributed by atoms with Crippen molar-refractivity contribution >= 4 is 17.2 Å². The van der Waals surface area contributed by atoms with Crippen LogP contribution in [0.4, 0.5) is 4.39 Å². The lowest BCUT2D eigenvalue weighted by atomic mass is 10.1. The minimum absolute atomic E-state index is 0.0155. The maximum atomic E-state index is 13.3. The van der Waals surface area contributed by atoms with Crippen LogP contribution in [-0.2, 0) is 6.42 Å². The number of thiazole rings is 1. The number of aromatic nitrogens is 1. The van der Waals surface area contributed by atoms with Crippen molar-refractivity contribution in [2.75, 3.05) is 0 Å². The highest BCUT2D eigenvalue weighted by atomic mass is 32.1. The van der Waals surface area contributed by atoms with Crippen LogP contribution in [0.3, 0.4) is 0 Å². The van der Waals surface area contributed by atoms with Gasteiger partial charge in [0.2, 0.25) is 0 Å². The van der Waals surface area contributed by atoms with E-state index < -0.39 is 0 Å². The van der Waals surface area contributed by atoms with Crippen LogP contribution in [0.15, 0.2) is 47.1 Å². The van der Waals surface area contributed by atoms with Gasteiger partial charge in [0.25, 0.3) is 5.91 Å². The van der Waals surface area contributed by atoms with Crippen molar-refractivity contribution in [3.8, 4) is 0 Å². The van der Waals surface area contributed by atoms with Crippen molar-refractivity contribution in [1.29, 1.82) is 0 Å². The fourth-order valence-electron chi connectivity index (χ4n) is 3.30. The molecule has 0 aliphatic heterocycles. The number of halogens is 1. The zero-order chi connectivity index (χ0) is 19.0. The van der Waals surface area contributed by atoms with E-state index in [2.05, 4.69) is 4.98 Å². The van der Waals surface area contributed by atoms with E-state index in [1.165, 1.54) is 23.5 Å². The Morgan fingerprint density at radius 2 is 2.07 bits per heavy atom. The van der Waals surface area contributed by atoms with Crippen LogP contribution in [0.5, 0.6) is 0 Å². The summed E-state index contributed by atoms with van der Waals surface area (Å²) in [6, 6.07) is 10.3. The van der Waals surface area contributed by atoms with Gasteiger partial charge in [0.05, 0.1) is 23.0 Å². The molecule has 1 aliphatic rings. The number of hydrogen-bond acceptors (Lipinski definition) is 4. The number of carbonyl (C=O) groups excluding carboxylic acids is 1. The van der Waals surface area contributed by atoms with Crippen molar-refractivity contribution in [1.82, 2.24) is 9.88 Å². The second-order valence-corrected chi connectivity index (χ2v) is 8.04. The summed E-state index contributed by atoms with van der Waals surface area (Å²) >= 11 is 1.43. The SMILES string of the molecule is Cc1nc(Cc2ccc(F)cc2)sc1C(=O)N(C1CC1)C(C)c1ccco1. The molecule has 0 N–H and O–H groups in total. The first-order valence-corrected chi connectivity index (χ1v) is 9.91. The Hall–Kier alpha value is -2.47. The largest absolute Gasteiger partial charge is 0.467 e. The Morgan fingerprint density at radius 3 is 2.70 bits per heavy atom. The molecule has 1 saturated carbocycles. The number of aryl methyl sites for hydroxylation is 1. The van der Waals surface area contributed by atoms with E-state index in [1.807, 2.05) is 30.9 Å². The lowest BCUT2D eigenvalue weighted by molar-refractivity contribution is 0.0657. The smallest absolute Gasteiger partial charge is 0.266 e. The van der Waals surface area contributed by atoms with Gasteiger partial charge in [-0.3, -0.25) is 4.79 Å². The minimum atomic E-state index is -0.253. The topological polar surface area (TPSA) is 46.3 Å². The van der Waals surface area contributed by atoms with Gasteiger partial charge in [-0.2, -0.15) is 0 Å². The van der Waals surface area contributed by atoms with Gasteiger partial charge in [-0.1, -0.05) is 12.1 Å². The summed E-state index contributed by atoms with van der Waals surface area (Å²) in [5, 5.41) is 0.865. The monoisotopic (exact) mass is 384 g/mol. The fraction of sp³-hybridized carbons (Fsp3) is 0.333. The van der Waals surface area contributed by atoms with Crippen LogP contribution >= 0.6 is 11.3 Å². The molecule has 4 rings (SSSR count). The third-order valence-electron chi connectivity index (χ3n) is 4.85. The van der Waals surface area contributed by atoms with Crippen LogP contribution < -0.4 is 0 Å². The molecule has 0 spiro atoms. The lowest BCUT2D eigenvalue weighted by Crippen LogP contribution is -2.35. The van der Waals surface area contributed by atoms with Crippen molar-refractivity contribution < 1.29 is 13.6 Å². The van der Waals surface area contributed by atoms with E-state index in [1.54, 1.807) is 18.4 Å². The van der Waals surface area contributed by atoms with Gasteiger partial charge in [-0.15, -0.1) is 11.3 Å². The number of carbonyl (C=O) groups is 1. The first kappa shape index (κ1) is 17.9. The molecule has 1 amide bonds. The molecular weight excluding hydrogens is 363 g/mol. The normalized spacial score (nSPS) is 14.9. The van der Waals surface area contributed by atoms with E-state index >= 15 is 0 Å². The highest BCUT2D eigenvalue weighted by Crippen LogP contribution is 2.37. The van der Waals surface area contributed by atoms with E-state index in [9.17, 15) is 9.18 Å². The summed E-state index contributed by atoms with van der Waals surface area (Å²) in [7, 11) is 0. The predicted octanol–water partition coefficient (Wildman–Crippen LogP) is 5.14. The number of benzene rings is 1. The minimum Gasteiger partial charge on any atom is -0.467 e. The Morgan fingerprint density at radius 1 is 1.33 bits per heavy atom. The van der Waals surface area contributed by atoms with Gasteiger partial charge in [0.15, 0.2) is 0 Å². The van der Waals surface area contributed by atoms with Gasteiger partial charge in [-0.25, -0.2) is 9.37 Å². The van der Waals surface area contributed by atoms with Crippen molar-refractivity contribution in [3.63, 3.8) is 0 Å². The van der Waals surface area contributed by atoms with Crippen LogP contribution in [0.25, 0.3) is 0 Å². The number of hydrogen-bond donors (Lipinski definition) is 0. The molecule has 1 atom stereocenters. The molecule has 140 valence electrons. The summed E-state index contributed by atoms with van der Waals surface area (Å²) in [5.74, 6) is 0.558. The molecule has 6 heteroatoms. The molecule has 4 nitrogen and oxygen atoms in total. The zero-order valence-electron chi connectivity index (χ0n) is 15.3. The Labute approximate surface area is 161 Å². The van der Waals surface area contributed by atoms with Crippen LogP contribution in [0.2, 0.25) is 0 Å². The summed E-state index contributed by atoms with van der Waals surface area (Å²) in [6.07, 6.45) is 4.28. The predicted molar refractivity (Wildman–Crippen MR) is 102 cm³/mol. The second-order valence-electron chi connectivity index (χ2n) is 6.96. The molecule has 3 aromatic rings. The average molecular weight is 384 g/mol. The van der Waals surface area contributed by atoms with Gasteiger partial charge in [0, 0.05) is 12.5 Å². The standard InChI is InChI=1S/C21H21FN2O2S/c1-13-20(27-19(23-13)12-15-5-7-16(22)8-6-15)21(25)24(17-9-10-17)14(2)18-4-3-11-26-18/h3-8,11,14,17H,9-10,12H2,1-2H3. The Balaban J connectivity index is 1.57. The highest BCUT2D eigenvalue weighted by Gasteiger charge is 2.38. The van der Waals surface area contributed by atoms with Gasteiger partial charge in [0.1, 0.15) is 16.5 Å². The number of amides is 1. The van der Waals surface area contributed by atoms with E-state index in [-0.39, 0.29) is 23.8 Å². The number of furan rings is 1. The number of nitrogens with zero attached hydrogens (tertiary/aromatic N) is 2. The second kappa shape index (κ2) is 7.27. The van der Waals surface area contributed by atoms with Gasteiger partial charge >= 0.3 is 0 Å². The maximum Gasteiger partial charge on any atom is 0.266 e. The summed E-state index contributed by atoms with van der Waals surface area (Å²) in [6.45, 7) is 3.88. The van der Waals surface area contributed by atoms with E-state index in [4.69, 9.17) is 4.42 Å². The molecule has 0 radical (unpaired) electrons. The van der Waals surface area contributed by atoms with Gasteiger partial charge < -0.3 is 9.32 Å². The molecule has 2 aromatic heterocycles. The average Bonchev–Trinajstić information content (AvgIpc) is 3.18. The fourth-order valence-corrected chi connectivity index (χ4v) is 4.34. The van der Waals surface area contributed by atoms with Crippen molar-refractivity contribution in [2.45, 2.75) is 45.2 Å². The molecule has 0 bridgehead atoms. The molecule has 2 heterocycles. The first-order chi connectivity index (χ1) is 13.0. The van der Waals surface area contributed by atoms with E-state index in [0.29, 0.717) is 11.3 Å². The summed E-state index contributed by atoms with van der Waals surface area (Å²) < 4.78 is 18.6. The Bertz CT molecular complexity index is 930. The molecule has 1 fully saturated rings. The van der Waals surface area contributed by atoms with Gasteiger partial charge in [-0.05, 0) is 56.5 Å². The molecule has 27 heavy (non-hydrogen) atoms. The molecule has 0 saturated heterocycles. The molecular formula is C21H21FN2O2S. The van der Waals surface area contributed by atoms with Crippen molar-refractivity contribution in [2.24, 2.45) is 0 Å². The third-order valence-corrected chi connectivity index (χ3v) is 6.00. The number of rotatable bonds is 6. The van der Waals surface area contributed by atoms with E-state index in [0.717, 1.165) is 34.9 Å². The highest BCUT2D eigenvalue weighted by molar-refractivity contribution is 7.13. The third kappa shape index (κ3) is 3.81. The van der Waals surface area contributed by atoms with Crippen molar-refractivity contribution in [3.05, 3.63) is 75.4 Å². The van der Waals surface area contributed by atoms with Crippen LogP contribution in [-0.4, -0.2) is 21.8 Å². The maximum absolute atomic E-state index is 13.3. The molecule has 1 aromatic carbocycles. The first-order valence-electron chi connectivity index (χ1n) is 9.09. The van der Waals surface area contributed by atoms with Crippen LogP contribution in [0.1, 0.15) is 57.5 Å².